The topological polar surface area (TPSA) is 97.4 Å². The van der Waals surface area contributed by atoms with Crippen LogP contribution in [0.4, 0.5) is 5.69 Å². The third-order valence-electron chi connectivity index (χ3n) is 4.12. The molecule has 1 unspecified atom stereocenters. The molecule has 1 atom stereocenters. The molecule has 0 saturated heterocycles. The molecule has 0 bridgehead atoms. The molecule has 10 heteroatoms. The summed E-state index contributed by atoms with van der Waals surface area (Å²) in [5, 5.41) is 2.45. The van der Waals surface area contributed by atoms with Crippen LogP contribution in [0.5, 0.6) is 5.75 Å². The number of fused-ring (bicyclic) bond motifs is 1. The second kappa shape index (κ2) is 9.99. The minimum absolute atomic E-state index is 0.155. The first kappa shape index (κ1) is 23.5. The summed E-state index contributed by atoms with van der Waals surface area (Å²) in [7, 11) is -3.56. The molecule has 3 aromatic rings. The van der Waals surface area contributed by atoms with Gasteiger partial charge < -0.3 is 10.1 Å². The van der Waals surface area contributed by atoms with Crippen molar-refractivity contribution >= 4 is 54.9 Å². The molecule has 0 radical (unpaired) electrons. The number of anilines is 1. The number of nitrogens with zero attached hydrogens (tertiary/aromatic N) is 1. The largest absolute Gasteiger partial charge is 0.494 e. The average molecular weight is 480 g/mol. The highest BCUT2D eigenvalue weighted by molar-refractivity contribution is 8.02. The number of thioether (sulfide) groups is 1. The molecule has 0 aliphatic heterocycles. The Labute approximate surface area is 190 Å². The van der Waals surface area contributed by atoms with Crippen LogP contribution in [-0.4, -0.2) is 37.2 Å². The van der Waals surface area contributed by atoms with Crippen LogP contribution < -0.4 is 14.8 Å². The lowest BCUT2D eigenvalue weighted by atomic mass is 10.3. The van der Waals surface area contributed by atoms with Crippen LogP contribution >= 0.6 is 23.1 Å². The van der Waals surface area contributed by atoms with Crippen molar-refractivity contribution in [2.75, 3.05) is 11.9 Å². The van der Waals surface area contributed by atoms with E-state index in [4.69, 9.17) is 4.74 Å². The average Bonchev–Trinajstić information content (AvgIpc) is 3.09. The monoisotopic (exact) mass is 479 g/mol. The van der Waals surface area contributed by atoms with Gasteiger partial charge in [-0.05, 0) is 70.2 Å². The normalized spacial score (nSPS) is 12.8. The van der Waals surface area contributed by atoms with E-state index in [-0.39, 0.29) is 22.1 Å². The third kappa shape index (κ3) is 6.19. The van der Waals surface area contributed by atoms with Gasteiger partial charge in [-0.2, -0.15) is 0 Å². The van der Waals surface area contributed by atoms with Gasteiger partial charge in [0.2, 0.25) is 15.9 Å². The maximum Gasteiger partial charge on any atom is 0.240 e. The number of carbonyl (C=O) groups excluding carboxylic acids is 1. The van der Waals surface area contributed by atoms with Gasteiger partial charge in [-0.15, -0.1) is 11.3 Å². The molecule has 1 aromatic heterocycles. The van der Waals surface area contributed by atoms with Gasteiger partial charge in [0.15, 0.2) is 4.34 Å². The number of carbonyl (C=O) groups is 1. The molecule has 2 aromatic carbocycles. The molecule has 0 spiro atoms. The van der Waals surface area contributed by atoms with Gasteiger partial charge in [0.25, 0.3) is 0 Å². The van der Waals surface area contributed by atoms with Crippen LogP contribution in [0.3, 0.4) is 0 Å². The van der Waals surface area contributed by atoms with Crippen molar-refractivity contribution < 1.29 is 17.9 Å². The molecule has 3 rings (SSSR count). The maximum absolute atomic E-state index is 12.6. The highest BCUT2D eigenvalue weighted by atomic mass is 32.2. The predicted octanol–water partition coefficient (Wildman–Crippen LogP) is 4.50. The highest BCUT2D eigenvalue weighted by Gasteiger charge is 2.19. The fraction of sp³-hybridized carbons (Fsp3) is 0.333. The number of sulfonamides is 1. The van der Waals surface area contributed by atoms with E-state index in [9.17, 15) is 13.2 Å². The number of thiazole rings is 1. The number of rotatable bonds is 9. The molecule has 0 aliphatic carbocycles. The Morgan fingerprint density at radius 3 is 2.52 bits per heavy atom. The first-order valence-electron chi connectivity index (χ1n) is 9.81. The first-order chi connectivity index (χ1) is 14.7. The Balaban J connectivity index is 1.63. The number of hydrogen-bond donors (Lipinski definition) is 2. The van der Waals surface area contributed by atoms with E-state index in [1.54, 1.807) is 26.0 Å². The summed E-state index contributed by atoms with van der Waals surface area (Å²) in [6.45, 7) is 7.86. The number of ether oxygens (including phenoxy) is 1. The molecule has 0 aliphatic rings. The van der Waals surface area contributed by atoms with Gasteiger partial charge in [0.1, 0.15) is 5.75 Å². The minimum Gasteiger partial charge on any atom is -0.494 e. The van der Waals surface area contributed by atoms with Gasteiger partial charge in [0, 0.05) is 11.7 Å². The standard InChI is InChI=1S/C21H25N3O4S3/c1-5-28-16-8-11-18-19(12-16)30-21(23-18)29-14(4)20(25)22-15-6-9-17(10-7-15)31(26,27)24-13(2)3/h6-14,24H,5H2,1-4H3,(H,22,25). The summed E-state index contributed by atoms with van der Waals surface area (Å²) in [5.74, 6) is 0.616. The van der Waals surface area contributed by atoms with Crippen LogP contribution in [-0.2, 0) is 14.8 Å². The Bertz CT molecular complexity index is 1160. The summed E-state index contributed by atoms with van der Waals surface area (Å²) >= 11 is 2.90. The first-order valence-corrected chi connectivity index (χ1v) is 13.0. The molecule has 166 valence electrons. The number of amides is 1. The highest BCUT2D eigenvalue weighted by Crippen LogP contribution is 2.34. The van der Waals surface area contributed by atoms with Crippen molar-refractivity contribution in [1.29, 1.82) is 0 Å². The molecule has 31 heavy (non-hydrogen) atoms. The van der Waals surface area contributed by atoms with Crippen molar-refractivity contribution in [1.82, 2.24) is 9.71 Å². The van der Waals surface area contributed by atoms with E-state index in [2.05, 4.69) is 15.0 Å². The fourth-order valence-electron chi connectivity index (χ4n) is 2.74. The van der Waals surface area contributed by atoms with E-state index in [1.165, 1.54) is 35.2 Å². The Morgan fingerprint density at radius 2 is 1.87 bits per heavy atom. The zero-order chi connectivity index (χ0) is 22.6. The molecule has 1 heterocycles. The van der Waals surface area contributed by atoms with Crippen molar-refractivity contribution in [3.8, 4) is 5.75 Å². The maximum atomic E-state index is 12.6. The summed E-state index contributed by atoms with van der Waals surface area (Å²) < 4.78 is 34.3. The molecule has 1 amide bonds. The molecular weight excluding hydrogens is 454 g/mol. The zero-order valence-corrected chi connectivity index (χ0v) is 20.2. The molecule has 2 N–H and O–H groups in total. The number of aromatic nitrogens is 1. The lowest BCUT2D eigenvalue weighted by Gasteiger charge is -2.12. The van der Waals surface area contributed by atoms with E-state index < -0.39 is 10.0 Å². The van der Waals surface area contributed by atoms with Crippen molar-refractivity contribution in [3.63, 3.8) is 0 Å². The van der Waals surface area contributed by atoms with Crippen LogP contribution in [0.2, 0.25) is 0 Å². The van der Waals surface area contributed by atoms with E-state index in [0.29, 0.717) is 12.3 Å². The van der Waals surface area contributed by atoms with E-state index in [1.807, 2.05) is 32.0 Å². The van der Waals surface area contributed by atoms with Crippen molar-refractivity contribution in [2.45, 2.75) is 48.2 Å². The summed E-state index contributed by atoms with van der Waals surface area (Å²) in [6.07, 6.45) is 0. The SMILES string of the molecule is CCOc1ccc2nc(SC(C)C(=O)Nc3ccc(S(=O)(=O)NC(C)C)cc3)sc2c1. The van der Waals surface area contributed by atoms with Gasteiger partial charge in [-0.1, -0.05) is 11.8 Å². The molecule has 0 fully saturated rings. The van der Waals surface area contributed by atoms with Crippen LogP contribution in [0.15, 0.2) is 51.7 Å². The summed E-state index contributed by atoms with van der Waals surface area (Å²) in [5.41, 5.74) is 1.40. The smallest absolute Gasteiger partial charge is 0.240 e. The van der Waals surface area contributed by atoms with E-state index in [0.717, 1.165) is 20.3 Å². The summed E-state index contributed by atoms with van der Waals surface area (Å²) in [6, 6.07) is 11.7. The Morgan fingerprint density at radius 1 is 1.16 bits per heavy atom. The van der Waals surface area contributed by atoms with Gasteiger partial charge in [-0.25, -0.2) is 18.1 Å². The lowest BCUT2D eigenvalue weighted by Crippen LogP contribution is -2.30. The van der Waals surface area contributed by atoms with Crippen LogP contribution in [0.1, 0.15) is 27.7 Å². The van der Waals surface area contributed by atoms with Crippen molar-refractivity contribution in [2.24, 2.45) is 0 Å². The van der Waals surface area contributed by atoms with Crippen molar-refractivity contribution in [3.05, 3.63) is 42.5 Å². The lowest BCUT2D eigenvalue weighted by molar-refractivity contribution is -0.115. The molecule has 7 nitrogen and oxygen atoms in total. The third-order valence-corrected chi connectivity index (χ3v) is 8.01. The van der Waals surface area contributed by atoms with Gasteiger partial charge >= 0.3 is 0 Å². The Kier molecular flexibility index (Phi) is 7.58. The predicted molar refractivity (Wildman–Crippen MR) is 127 cm³/mol. The number of benzene rings is 2. The van der Waals surface area contributed by atoms with Gasteiger partial charge in [-0.3, -0.25) is 4.79 Å². The molecule has 0 saturated carbocycles. The van der Waals surface area contributed by atoms with E-state index >= 15 is 0 Å². The molecular formula is C21H25N3O4S3. The fourth-order valence-corrected chi connectivity index (χ4v) is 6.23. The summed E-state index contributed by atoms with van der Waals surface area (Å²) in [4.78, 5) is 17.3. The van der Waals surface area contributed by atoms with Crippen LogP contribution in [0.25, 0.3) is 10.2 Å². The number of hydrogen-bond acceptors (Lipinski definition) is 7. The van der Waals surface area contributed by atoms with Crippen LogP contribution in [0, 0.1) is 0 Å². The van der Waals surface area contributed by atoms with Gasteiger partial charge in [0.05, 0.1) is 27.0 Å². The minimum atomic E-state index is -3.56. The zero-order valence-electron chi connectivity index (χ0n) is 17.7. The second-order valence-corrected chi connectivity index (χ2v) is 11.4. The number of nitrogens with one attached hydrogen (secondary N) is 2. The Hall–Kier alpha value is -2.14. The second-order valence-electron chi connectivity index (χ2n) is 7.09. The quantitative estimate of drug-likeness (QED) is 0.439.